The second-order valence-corrected chi connectivity index (χ2v) is 7.79. The van der Waals surface area contributed by atoms with E-state index in [0.717, 1.165) is 4.47 Å². The van der Waals surface area contributed by atoms with Crippen LogP contribution in [0.1, 0.15) is 4.88 Å². The van der Waals surface area contributed by atoms with E-state index in [-0.39, 0.29) is 11.8 Å². The van der Waals surface area contributed by atoms with Gasteiger partial charge in [-0.25, -0.2) is 9.98 Å². The molecular formula is C17H10BrClN4O2S. The Morgan fingerprint density at radius 3 is 2.92 bits per heavy atom. The first-order valence-corrected chi connectivity index (χ1v) is 9.41. The third-order valence-corrected chi connectivity index (χ3v) is 5.78. The Morgan fingerprint density at radius 1 is 1.35 bits per heavy atom. The smallest absolute Gasteiger partial charge is 0.279 e. The minimum Gasteiger partial charge on any atom is -0.493 e. The van der Waals surface area contributed by atoms with E-state index < -0.39 is 0 Å². The Kier molecular flexibility index (Phi) is 4.26. The standard InChI is InChI=1S/C17H10BrClN4O2S/c1-23-16(25)14(26-17(23)22-12-4-5-20-7-10(12)19)13-9-6-8(18)2-3-11(9)21-15(13)24/h2-7,25H,1H3. The van der Waals surface area contributed by atoms with Gasteiger partial charge >= 0.3 is 0 Å². The summed E-state index contributed by atoms with van der Waals surface area (Å²) in [5.41, 5.74) is 0.891. The Morgan fingerprint density at radius 2 is 2.15 bits per heavy atom. The van der Waals surface area contributed by atoms with Crippen LogP contribution in [0.4, 0.5) is 5.69 Å². The number of aromatic nitrogens is 2. The molecule has 4 rings (SSSR count). The molecule has 1 amide bonds. The number of nitrogens with zero attached hydrogens (tertiary/aromatic N) is 4. The topological polar surface area (TPSA) is 79.8 Å². The highest BCUT2D eigenvalue weighted by atomic mass is 79.9. The fourth-order valence-electron chi connectivity index (χ4n) is 2.58. The number of carbonyl (C=O) groups is 1. The molecule has 0 saturated carbocycles. The lowest BCUT2D eigenvalue weighted by atomic mass is 10.1. The molecule has 3 heterocycles. The summed E-state index contributed by atoms with van der Waals surface area (Å²) in [6.07, 6.45) is 3.08. The fourth-order valence-corrected chi connectivity index (χ4v) is 4.18. The fraction of sp³-hybridized carbons (Fsp3) is 0.0588. The van der Waals surface area contributed by atoms with E-state index in [1.54, 1.807) is 25.4 Å². The summed E-state index contributed by atoms with van der Waals surface area (Å²) in [4.78, 5) is 25.8. The molecule has 0 radical (unpaired) electrons. The van der Waals surface area contributed by atoms with Crippen molar-refractivity contribution in [2.75, 3.05) is 0 Å². The molecule has 1 aromatic carbocycles. The van der Waals surface area contributed by atoms with Crippen molar-refractivity contribution < 1.29 is 9.90 Å². The lowest BCUT2D eigenvalue weighted by Crippen LogP contribution is -2.22. The summed E-state index contributed by atoms with van der Waals surface area (Å²) in [5.74, 6) is -0.436. The second-order valence-electron chi connectivity index (χ2n) is 5.49. The van der Waals surface area contributed by atoms with E-state index in [4.69, 9.17) is 11.6 Å². The van der Waals surface area contributed by atoms with Crippen molar-refractivity contribution in [1.82, 2.24) is 9.55 Å². The van der Waals surface area contributed by atoms with Crippen molar-refractivity contribution in [1.29, 1.82) is 0 Å². The van der Waals surface area contributed by atoms with E-state index in [9.17, 15) is 9.90 Å². The molecule has 0 aliphatic carbocycles. The summed E-state index contributed by atoms with van der Waals surface area (Å²) in [7, 11) is 1.67. The molecular weight excluding hydrogens is 440 g/mol. The monoisotopic (exact) mass is 448 g/mol. The minimum atomic E-state index is -0.385. The van der Waals surface area contributed by atoms with Crippen LogP contribution in [0.2, 0.25) is 5.02 Å². The van der Waals surface area contributed by atoms with Gasteiger partial charge in [-0.2, -0.15) is 0 Å². The van der Waals surface area contributed by atoms with Crippen LogP contribution in [0.25, 0.3) is 5.57 Å². The summed E-state index contributed by atoms with van der Waals surface area (Å²) < 4.78 is 2.33. The lowest BCUT2D eigenvalue weighted by Gasteiger charge is -1.99. The molecule has 3 aromatic rings. The molecule has 0 bridgehead atoms. The lowest BCUT2D eigenvalue weighted by molar-refractivity contribution is -0.112. The number of benzene rings is 1. The summed E-state index contributed by atoms with van der Waals surface area (Å²) in [6.45, 7) is 0. The van der Waals surface area contributed by atoms with Gasteiger partial charge in [-0.3, -0.25) is 14.3 Å². The number of rotatable bonds is 2. The van der Waals surface area contributed by atoms with Gasteiger partial charge in [0.15, 0.2) is 4.80 Å². The number of carbonyl (C=O) groups excluding carboxylic acids is 1. The van der Waals surface area contributed by atoms with E-state index in [0.29, 0.717) is 36.5 Å². The number of hydrogen-bond acceptors (Lipinski definition) is 5. The SMILES string of the molecule is Cn1c(O)c(C2=c3cc(Br)ccc3=NC2=O)sc1=Nc1ccncc1Cl. The van der Waals surface area contributed by atoms with Gasteiger partial charge in [-0.05, 0) is 24.3 Å². The minimum absolute atomic E-state index is 0.0506. The van der Waals surface area contributed by atoms with Gasteiger partial charge in [0, 0.05) is 29.1 Å². The maximum atomic E-state index is 12.4. The van der Waals surface area contributed by atoms with Crippen molar-refractivity contribution in [3.05, 3.63) is 66.4 Å². The molecule has 1 N–H and O–H groups in total. The third-order valence-electron chi connectivity index (χ3n) is 3.86. The summed E-state index contributed by atoms with van der Waals surface area (Å²) in [6, 6.07) is 7.07. The number of hydrogen-bond donors (Lipinski definition) is 1. The Bertz CT molecular complexity index is 1260. The van der Waals surface area contributed by atoms with Crippen molar-refractivity contribution in [2.24, 2.45) is 17.0 Å². The van der Waals surface area contributed by atoms with Gasteiger partial charge in [0.1, 0.15) is 4.88 Å². The van der Waals surface area contributed by atoms with E-state index in [1.165, 1.54) is 22.1 Å². The number of halogens is 2. The molecule has 130 valence electrons. The van der Waals surface area contributed by atoms with Gasteiger partial charge < -0.3 is 5.11 Å². The molecule has 1 aliphatic rings. The molecule has 0 saturated heterocycles. The van der Waals surface area contributed by atoms with Crippen molar-refractivity contribution >= 4 is 56.0 Å². The normalized spacial score (nSPS) is 13.9. The zero-order valence-corrected chi connectivity index (χ0v) is 16.4. The van der Waals surface area contributed by atoms with Crippen LogP contribution in [0.3, 0.4) is 0 Å². The first kappa shape index (κ1) is 17.1. The van der Waals surface area contributed by atoms with Crippen LogP contribution >= 0.6 is 38.9 Å². The number of pyridine rings is 1. The Balaban J connectivity index is 1.99. The van der Waals surface area contributed by atoms with Gasteiger partial charge in [-0.15, -0.1) is 0 Å². The largest absolute Gasteiger partial charge is 0.493 e. The highest BCUT2D eigenvalue weighted by molar-refractivity contribution is 9.10. The Hall–Kier alpha value is -2.29. The molecule has 2 aromatic heterocycles. The molecule has 0 atom stereocenters. The van der Waals surface area contributed by atoms with Crippen LogP contribution < -0.4 is 15.4 Å². The number of fused-ring (bicyclic) bond motifs is 1. The molecule has 0 fully saturated rings. The third kappa shape index (κ3) is 2.80. The van der Waals surface area contributed by atoms with Gasteiger partial charge in [0.25, 0.3) is 5.91 Å². The molecule has 0 unspecified atom stereocenters. The number of aromatic hydroxyl groups is 1. The van der Waals surface area contributed by atoms with Crippen molar-refractivity contribution in [3.63, 3.8) is 0 Å². The van der Waals surface area contributed by atoms with Crippen LogP contribution in [-0.4, -0.2) is 20.6 Å². The average Bonchev–Trinajstić information content (AvgIpc) is 3.07. The predicted molar refractivity (Wildman–Crippen MR) is 102 cm³/mol. The van der Waals surface area contributed by atoms with Gasteiger partial charge in [0.2, 0.25) is 5.88 Å². The highest BCUT2D eigenvalue weighted by Crippen LogP contribution is 2.29. The maximum absolute atomic E-state index is 12.4. The quantitative estimate of drug-likeness (QED) is 0.651. The first-order valence-electron chi connectivity index (χ1n) is 7.42. The van der Waals surface area contributed by atoms with Crippen LogP contribution in [-0.2, 0) is 11.8 Å². The zero-order valence-electron chi connectivity index (χ0n) is 13.3. The van der Waals surface area contributed by atoms with Gasteiger partial charge in [0.05, 0.1) is 21.6 Å². The average molecular weight is 450 g/mol. The van der Waals surface area contributed by atoms with E-state index >= 15 is 0 Å². The first-order chi connectivity index (χ1) is 12.5. The molecule has 0 spiro atoms. The van der Waals surface area contributed by atoms with E-state index in [2.05, 4.69) is 30.9 Å². The van der Waals surface area contributed by atoms with Crippen molar-refractivity contribution in [3.8, 4) is 5.88 Å². The second kappa shape index (κ2) is 6.46. The Labute approximate surface area is 164 Å². The molecule has 6 nitrogen and oxygen atoms in total. The van der Waals surface area contributed by atoms with Crippen LogP contribution in [0.5, 0.6) is 5.88 Å². The molecule has 9 heteroatoms. The number of thiazole rings is 1. The van der Waals surface area contributed by atoms with Crippen LogP contribution in [0.15, 0.2) is 51.1 Å². The maximum Gasteiger partial charge on any atom is 0.279 e. The highest BCUT2D eigenvalue weighted by Gasteiger charge is 2.25. The predicted octanol–water partition coefficient (Wildman–Crippen LogP) is 2.19. The summed E-state index contributed by atoms with van der Waals surface area (Å²) >= 11 is 10.7. The van der Waals surface area contributed by atoms with Gasteiger partial charge in [-0.1, -0.05) is 38.9 Å². The zero-order chi connectivity index (χ0) is 18.4. The van der Waals surface area contributed by atoms with Crippen molar-refractivity contribution in [2.45, 2.75) is 0 Å². The molecule has 26 heavy (non-hydrogen) atoms. The van der Waals surface area contributed by atoms with E-state index in [1.807, 2.05) is 12.1 Å². The molecule has 1 aliphatic heterocycles. The number of amides is 1. The van der Waals surface area contributed by atoms with Crippen LogP contribution in [0, 0.1) is 0 Å². The summed E-state index contributed by atoms with van der Waals surface area (Å²) in [5, 5.41) is 12.2.